The van der Waals surface area contributed by atoms with Crippen molar-refractivity contribution >= 4 is 32.9 Å². The lowest BCUT2D eigenvalue weighted by molar-refractivity contribution is -0.118. The van der Waals surface area contributed by atoms with Crippen molar-refractivity contribution < 1.29 is 18.0 Å². The molecule has 6 nitrogen and oxygen atoms in total. The van der Waals surface area contributed by atoms with E-state index in [-0.39, 0.29) is 10.5 Å². The first-order chi connectivity index (χ1) is 14.8. The standard InChI is InChI=1S/C24H22N2O4S/c25-18-11-7-16(8-12-18)5-6-17-9-13-19(14-10-17)26-24(28)21-15-31(29,30)22-4-2-1-3-20(22)23(21)27/h1-4,7-14,21H,5-6,15,25H2,(H,26,28). The maximum Gasteiger partial charge on any atom is 0.236 e. The molecule has 0 aliphatic carbocycles. The SMILES string of the molecule is Nc1ccc(CCc2ccc(NC(=O)C3CS(=O)(=O)c4ccccc4C3=O)cc2)cc1. The molecule has 0 bridgehead atoms. The van der Waals surface area contributed by atoms with Gasteiger partial charge in [-0.05, 0) is 54.3 Å². The number of benzene rings is 3. The van der Waals surface area contributed by atoms with Crippen molar-refractivity contribution in [2.75, 3.05) is 16.8 Å². The highest BCUT2D eigenvalue weighted by Gasteiger charge is 2.40. The molecule has 4 rings (SSSR count). The fourth-order valence-electron chi connectivity index (χ4n) is 3.67. The lowest BCUT2D eigenvalue weighted by atomic mass is 9.97. The van der Waals surface area contributed by atoms with Crippen molar-refractivity contribution in [1.82, 2.24) is 0 Å². The summed E-state index contributed by atoms with van der Waals surface area (Å²) < 4.78 is 25.0. The summed E-state index contributed by atoms with van der Waals surface area (Å²) in [6, 6.07) is 21.1. The average molecular weight is 435 g/mol. The molecule has 1 unspecified atom stereocenters. The molecule has 3 aromatic rings. The Kier molecular flexibility index (Phi) is 5.61. The fraction of sp³-hybridized carbons (Fsp3) is 0.167. The Balaban J connectivity index is 1.42. The molecule has 0 aromatic heterocycles. The van der Waals surface area contributed by atoms with Crippen LogP contribution in [0.3, 0.4) is 0 Å². The van der Waals surface area contributed by atoms with Gasteiger partial charge in [-0.3, -0.25) is 9.59 Å². The van der Waals surface area contributed by atoms with E-state index >= 15 is 0 Å². The van der Waals surface area contributed by atoms with Crippen molar-refractivity contribution in [1.29, 1.82) is 0 Å². The number of rotatable bonds is 5. The van der Waals surface area contributed by atoms with Gasteiger partial charge in [-0.25, -0.2) is 8.42 Å². The van der Waals surface area contributed by atoms with Gasteiger partial charge in [0.15, 0.2) is 15.6 Å². The summed E-state index contributed by atoms with van der Waals surface area (Å²) in [5.74, 6) is -2.86. The Morgan fingerprint density at radius 2 is 1.48 bits per heavy atom. The van der Waals surface area contributed by atoms with E-state index in [9.17, 15) is 18.0 Å². The van der Waals surface area contributed by atoms with Crippen LogP contribution < -0.4 is 11.1 Å². The van der Waals surface area contributed by atoms with E-state index in [4.69, 9.17) is 5.73 Å². The van der Waals surface area contributed by atoms with Crippen LogP contribution >= 0.6 is 0 Å². The number of aryl methyl sites for hydroxylation is 2. The number of hydrogen-bond acceptors (Lipinski definition) is 5. The summed E-state index contributed by atoms with van der Waals surface area (Å²) in [5.41, 5.74) is 9.31. The highest BCUT2D eigenvalue weighted by molar-refractivity contribution is 7.91. The minimum Gasteiger partial charge on any atom is -0.399 e. The molecular weight excluding hydrogens is 412 g/mol. The third kappa shape index (κ3) is 4.51. The number of amides is 1. The number of hydrogen-bond donors (Lipinski definition) is 2. The van der Waals surface area contributed by atoms with E-state index in [0.29, 0.717) is 5.69 Å². The molecule has 1 heterocycles. The smallest absolute Gasteiger partial charge is 0.236 e. The monoisotopic (exact) mass is 434 g/mol. The highest BCUT2D eigenvalue weighted by Crippen LogP contribution is 2.29. The minimum atomic E-state index is -3.69. The van der Waals surface area contributed by atoms with Gasteiger partial charge in [-0.15, -0.1) is 0 Å². The number of nitrogens with one attached hydrogen (secondary N) is 1. The molecular formula is C24H22N2O4S. The van der Waals surface area contributed by atoms with Crippen LogP contribution in [0.5, 0.6) is 0 Å². The largest absolute Gasteiger partial charge is 0.399 e. The van der Waals surface area contributed by atoms with Crippen LogP contribution in [-0.4, -0.2) is 25.9 Å². The summed E-state index contributed by atoms with van der Waals surface area (Å²) in [6.07, 6.45) is 1.69. The Morgan fingerprint density at radius 3 is 2.13 bits per heavy atom. The Morgan fingerprint density at radius 1 is 0.903 bits per heavy atom. The van der Waals surface area contributed by atoms with Crippen LogP contribution in [0, 0.1) is 5.92 Å². The highest BCUT2D eigenvalue weighted by atomic mass is 32.2. The molecule has 7 heteroatoms. The number of carbonyl (C=O) groups excluding carboxylic acids is 2. The fourth-order valence-corrected chi connectivity index (χ4v) is 5.38. The van der Waals surface area contributed by atoms with Crippen LogP contribution in [0.4, 0.5) is 11.4 Å². The van der Waals surface area contributed by atoms with Gasteiger partial charge in [-0.2, -0.15) is 0 Å². The van der Waals surface area contributed by atoms with Crippen molar-refractivity contribution in [2.24, 2.45) is 5.92 Å². The third-order valence-electron chi connectivity index (χ3n) is 5.41. The Hall–Kier alpha value is -3.45. The zero-order valence-corrected chi connectivity index (χ0v) is 17.6. The minimum absolute atomic E-state index is 0.00509. The van der Waals surface area contributed by atoms with Crippen LogP contribution in [-0.2, 0) is 27.5 Å². The maximum absolute atomic E-state index is 12.7. The third-order valence-corrected chi connectivity index (χ3v) is 7.21. The zero-order valence-electron chi connectivity index (χ0n) is 16.7. The van der Waals surface area contributed by atoms with Gasteiger partial charge < -0.3 is 11.1 Å². The predicted molar refractivity (Wildman–Crippen MR) is 120 cm³/mol. The molecule has 31 heavy (non-hydrogen) atoms. The van der Waals surface area contributed by atoms with Crippen LogP contribution in [0.2, 0.25) is 0 Å². The summed E-state index contributed by atoms with van der Waals surface area (Å²) in [6.45, 7) is 0. The zero-order chi connectivity index (χ0) is 22.0. The number of anilines is 2. The molecule has 1 aliphatic heterocycles. The molecule has 1 amide bonds. The van der Waals surface area contributed by atoms with E-state index in [2.05, 4.69) is 5.32 Å². The van der Waals surface area contributed by atoms with E-state index in [0.717, 1.165) is 24.1 Å². The molecule has 0 saturated carbocycles. The second-order valence-electron chi connectivity index (χ2n) is 7.62. The van der Waals surface area contributed by atoms with Crippen molar-refractivity contribution in [2.45, 2.75) is 17.7 Å². The predicted octanol–water partition coefficient (Wildman–Crippen LogP) is 3.28. The van der Waals surface area contributed by atoms with E-state index in [1.807, 2.05) is 36.4 Å². The molecule has 0 radical (unpaired) electrons. The molecule has 1 atom stereocenters. The van der Waals surface area contributed by atoms with Crippen molar-refractivity contribution in [3.8, 4) is 0 Å². The number of Topliss-reactive ketones (excluding diaryl/α,β-unsaturated/α-hetero) is 1. The molecule has 0 fully saturated rings. The van der Waals surface area contributed by atoms with E-state index in [1.165, 1.54) is 17.7 Å². The number of ketones is 1. The van der Waals surface area contributed by atoms with Crippen LogP contribution in [0.15, 0.2) is 77.7 Å². The molecule has 0 saturated heterocycles. The molecule has 158 valence electrons. The number of nitrogen functional groups attached to an aromatic ring is 1. The van der Waals surface area contributed by atoms with E-state index < -0.39 is 33.2 Å². The first kappa shape index (κ1) is 20.8. The summed E-state index contributed by atoms with van der Waals surface area (Å²) in [7, 11) is -3.69. The lowest BCUT2D eigenvalue weighted by Gasteiger charge is -2.22. The second-order valence-corrected chi connectivity index (χ2v) is 9.62. The normalized spacial score (nSPS) is 17.0. The molecule has 3 N–H and O–H groups in total. The Bertz CT molecular complexity index is 1230. The van der Waals surface area contributed by atoms with Gasteiger partial charge in [0.1, 0.15) is 5.92 Å². The second kappa shape index (κ2) is 8.35. The average Bonchev–Trinajstić information content (AvgIpc) is 2.77. The summed E-state index contributed by atoms with van der Waals surface area (Å²) in [4.78, 5) is 25.4. The summed E-state index contributed by atoms with van der Waals surface area (Å²) >= 11 is 0. The maximum atomic E-state index is 12.7. The lowest BCUT2D eigenvalue weighted by Crippen LogP contribution is -2.39. The molecule has 1 aliphatic rings. The number of nitrogens with two attached hydrogens (primary N) is 1. The number of sulfone groups is 1. The first-order valence-electron chi connectivity index (χ1n) is 9.94. The first-order valence-corrected chi connectivity index (χ1v) is 11.6. The topological polar surface area (TPSA) is 106 Å². The van der Waals surface area contributed by atoms with Gasteiger partial charge in [0, 0.05) is 16.9 Å². The van der Waals surface area contributed by atoms with Crippen LogP contribution in [0.1, 0.15) is 21.5 Å². The quantitative estimate of drug-likeness (QED) is 0.473. The van der Waals surface area contributed by atoms with Gasteiger partial charge in [0.2, 0.25) is 5.91 Å². The van der Waals surface area contributed by atoms with Crippen molar-refractivity contribution in [3.05, 3.63) is 89.5 Å². The number of carbonyl (C=O) groups is 2. The van der Waals surface area contributed by atoms with E-state index in [1.54, 1.807) is 24.3 Å². The van der Waals surface area contributed by atoms with Gasteiger partial charge >= 0.3 is 0 Å². The molecule has 0 spiro atoms. The van der Waals surface area contributed by atoms with Gasteiger partial charge in [0.25, 0.3) is 0 Å². The number of fused-ring (bicyclic) bond motifs is 1. The van der Waals surface area contributed by atoms with Gasteiger partial charge in [0.05, 0.1) is 10.6 Å². The van der Waals surface area contributed by atoms with Gasteiger partial charge in [-0.1, -0.05) is 42.5 Å². The summed E-state index contributed by atoms with van der Waals surface area (Å²) in [5, 5.41) is 2.68. The van der Waals surface area contributed by atoms with Crippen LogP contribution in [0.25, 0.3) is 0 Å². The van der Waals surface area contributed by atoms with Crippen molar-refractivity contribution in [3.63, 3.8) is 0 Å². The molecule has 3 aromatic carbocycles. The Labute approximate surface area is 181 Å².